The van der Waals surface area contributed by atoms with Crippen molar-refractivity contribution in [2.75, 3.05) is 40.8 Å². The van der Waals surface area contributed by atoms with Crippen molar-refractivity contribution in [1.82, 2.24) is 15.1 Å². The number of allylic oxidation sites excluding steroid dienone is 2. The van der Waals surface area contributed by atoms with E-state index in [1.54, 1.807) is 0 Å². The zero-order chi connectivity index (χ0) is 24.3. The Bertz CT molecular complexity index is 1020. The average molecular weight is 464 g/mol. The lowest BCUT2D eigenvalue weighted by molar-refractivity contribution is 0.0783. The van der Waals surface area contributed by atoms with Gasteiger partial charge in [0.1, 0.15) is 5.84 Å². The van der Waals surface area contributed by atoms with Gasteiger partial charge in [0, 0.05) is 51.3 Å². The van der Waals surface area contributed by atoms with Gasteiger partial charge in [0.05, 0.1) is 5.71 Å². The van der Waals surface area contributed by atoms with Crippen molar-refractivity contribution in [3.05, 3.63) is 53.7 Å². The first-order valence-corrected chi connectivity index (χ1v) is 12.6. The van der Waals surface area contributed by atoms with Crippen LogP contribution in [-0.2, 0) is 0 Å². The average Bonchev–Trinajstić information content (AvgIpc) is 3.43. The molecule has 2 aliphatic heterocycles. The van der Waals surface area contributed by atoms with Gasteiger partial charge in [0.15, 0.2) is 0 Å². The van der Waals surface area contributed by atoms with Crippen molar-refractivity contribution in [3.63, 3.8) is 0 Å². The fraction of sp³-hybridized carbons (Fsp3) is 0.536. The summed E-state index contributed by atoms with van der Waals surface area (Å²) in [5.41, 5.74) is 3.95. The summed E-state index contributed by atoms with van der Waals surface area (Å²) in [7, 11) is 5.99. The molecule has 2 unspecified atom stereocenters. The van der Waals surface area contributed by atoms with E-state index >= 15 is 0 Å². The Morgan fingerprint density at radius 2 is 2.03 bits per heavy atom. The first-order chi connectivity index (χ1) is 16.4. The number of carbonyl (C=O) groups is 1. The van der Waals surface area contributed by atoms with E-state index in [0.717, 1.165) is 61.1 Å². The summed E-state index contributed by atoms with van der Waals surface area (Å²) >= 11 is 0. The Balaban J connectivity index is 0.00000342. The second kappa shape index (κ2) is 10.3. The van der Waals surface area contributed by atoms with Gasteiger partial charge in [-0.25, -0.2) is 0 Å². The highest BCUT2D eigenvalue weighted by molar-refractivity contribution is 6.13. The Kier molecular flexibility index (Phi) is 7.36. The second-order valence-electron chi connectivity index (χ2n) is 10.2. The van der Waals surface area contributed by atoms with Crippen molar-refractivity contribution in [2.24, 2.45) is 21.3 Å². The Labute approximate surface area is 206 Å². The number of amides is 1. The molecule has 0 bridgehead atoms. The maximum atomic E-state index is 13.0. The van der Waals surface area contributed by atoms with E-state index in [1.807, 2.05) is 36.4 Å². The number of nitrogens with one attached hydrogen (secondary N) is 1. The number of hydrogen-bond donors (Lipinski definition) is 1. The van der Waals surface area contributed by atoms with Crippen LogP contribution in [0.4, 0.5) is 0 Å². The number of nitrogens with zero attached hydrogens (tertiary/aromatic N) is 4. The van der Waals surface area contributed by atoms with E-state index in [0.29, 0.717) is 6.04 Å². The molecule has 184 valence electrons. The van der Waals surface area contributed by atoms with Crippen LogP contribution >= 0.6 is 0 Å². The summed E-state index contributed by atoms with van der Waals surface area (Å²) < 4.78 is 0. The number of amidine groups is 1. The molecule has 2 fully saturated rings. The van der Waals surface area contributed by atoms with Crippen LogP contribution in [0.25, 0.3) is 5.57 Å². The van der Waals surface area contributed by atoms with Gasteiger partial charge in [0.2, 0.25) is 0 Å². The van der Waals surface area contributed by atoms with E-state index in [1.165, 1.54) is 18.4 Å². The molecular formula is C28H41N5O. The van der Waals surface area contributed by atoms with Gasteiger partial charge < -0.3 is 15.1 Å². The molecule has 6 nitrogen and oxygen atoms in total. The van der Waals surface area contributed by atoms with Crippen LogP contribution in [-0.4, -0.2) is 74.1 Å². The Morgan fingerprint density at radius 1 is 1.29 bits per heavy atom. The minimum atomic E-state index is -0.175. The lowest BCUT2D eigenvalue weighted by Gasteiger charge is -2.28. The van der Waals surface area contributed by atoms with E-state index in [4.69, 9.17) is 4.99 Å². The summed E-state index contributed by atoms with van der Waals surface area (Å²) in [5, 5.41) is 3.44. The Hall–Kier alpha value is -2.73. The van der Waals surface area contributed by atoms with Crippen molar-refractivity contribution in [1.29, 1.82) is 0 Å². The van der Waals surface area contributed by atoms with Gasteiger partial charge in [-0.3, -0.25) is 14.8 Å². The molecule has 2 atom stereocenters. The molecule has 2 heterocycles. The fourth-order valence-corrected chi connectivity index (χ4v) is 4.81. The zero-order valence-electron chi connectivity index (χ0n) is 21.3. The van der Waals surface area contributed by atoms with Crippen molar-refractivity contribution < 1.29 is 6.22 Å². The fourth-order valence-electron chi connectivity index (χ4n) is 4.81. The predicted molar refractivity (Wildman–Crippen MR) is 144 cm³/mol. The van der Waals surface area contributed by atoms with Crippen molar-refractivity contribution in [2.45, 2.75) is 45.6 Å². The number of aliphatic imine (C=N–C) groups is 2. The lowest BCUT2D eigenvalue weighted by atomic mass is 9.74. The number of benzene rings is 1. The van der Waals surface area contributed by atoms with Gasteiger partial charge in [-0.2, -0.15) is 0 Å². The van der Waals surface area contributed by atoms with Crippen molar-refractivity contribution in [3.8, 4) is 0 Å². The minimum Gasteiger partial charge on any atom is -0.370 e. The lowest BCUT2D eigenvalue weighted by Crippen LogP contribution is -2.34. The summed E-state index contributed by atoms with van der Waals surface area (Å²) in [5.74, 6) is 1.83. The molecule has 1 amide bonds. The number of hydrogen-bond acceptors (Lipinski definition) is 4. The largest absolute Gasteiger partial charge is 0.370 e. The third-order valence-corrected chi connectivity index (χ3v) is 7.73. The molecule has 0 aromatic heterocycles. The summed E-state index contributed by atoms with van der Waals surface area (Å²) in [6, 6.07) is 8.53. The van der Waals surface area contributed by atoms with Gasteiger partial charge in [-0.15, -0.1) is 0 Å². The summed E-state index contributed by atoms with van der Waals surface area (Å²) in [4.78, 5) is 26.3. The second-order valence-corrected chi connectivity index (χ2v) is 10.2. The molecule has 0 radical (unpaired) electrons. The van der Waals surface area contributed by atoms with E-state index in [9.17, 15) is 4.79 Å². The molecule has 1 saturated carbocycles. The molecule has 1 aromatic rings. The standard InChI is InChI=1S/C28H39N5O.H2/c1-6-28(2)24(18-30-25(28)13-14-26(29-3)31-17-20-7-8-20)21-9-11-22(12-10-21)27(34)33-16-15-23(19-33)32(4)5;/h9-14,18,20,23H,6-8,15-17,19H2,1-5H3,(H,29,31);1H/b14-13-;. The maximum absolute atomic E-state index is 13.0. The van der Waals surface area contributed by atoms with Gasteiger partial charge in [-0.1, -0.05) is 19.1 Å². The molecule has 3 aliphatic rings. The van der Waals surface area contributed by atoms with Crippen molar-refractivity contribution >= 4 is 23.0 Å². The molecule has 1 saturated heterocycles. The molecule has 6 heteroatoms. The highest BCUT2D eigenvalue weighted by atomic mass is 16.2. The topological polar surface area (TPSA) is 60.3 Å². The van der Waals surface area contributed by atoms with Gasteiger partial charge in [-0.05, 0) is 88.0 Å². The van der Waals surface area contributed by atoms with Gasteiger partial charge in [0.25, 0.3) is 5.91 Å². The third kappa shape index (κ3) is 5.17. The van der Waals surface area contributed by atoms with Crippen LogP contribution in [0, 0.1) is 11.3 Å². The molecular weight excluding hydrogens is 422 g/mol. The smallest absolute Gasteiger partial charge is 0.253 e. The van der Waals surface area contributed by atoms with Crippen LogP contribution in [0.1, 0.15) is 56.9 Å². The Morgan fingerprint density at radius 3 is 2.62 bits per heavy atom. The predicted octanol–water partition coefficient (Wildman–Crippen LogP) is 4.50. The molecule has 34 heavy (non-hydrogen) atoms. The van der Waals surface area contributed by atoms with E-state index < -0.39 is 0 Å². The highest BCUT2D eigenvalue weighted by Crippen LogP contribution is 2.43. The minimum absolute atomic E-state index is 0. The number of carbonyl (C=O) groups excluding carboxylic acids is 1. The molecule has 1 N–H and O–H groups in total. The van der Waals surface area contributed by atoms with E-state index in [-0.39, 0.29) is 12.7 Å². The molecule has 4 rings (SSSR count). The first-order valence-electron chi connectivity index (χ1n) is 12.6. The monoisotopic (exact) mass is 463 g/mol. The number of likely N-dealkylation sites (tertiary alicyclic amines) is 1. The van der Waals surface area contributed by atoms with Crippen LogP contribution in [0.15, 0.2) is 52.6 Å². The third-order valence-electron chi connectivity index (χ3n) is 7.73. The first kappa shape index (κ1) is 24.4. The molecule has 0 spiro atoms. The SMILES string of the molecule is CCC1(C)C(c2ccc(C(=O)N3CCC(N(C)C)C3)cc2)=CN=C1/C=C\C(=NC)NCC1CC1.[HH]. The zero-order valence-corrected chi connectivity index (χ0v) is 21.3. The van der Waals surface area contributed by atoms with Crippen LogP contribution in [0.2, 0.25) is 0 Å². The molecule has 1 aliphatic carbocycles. The quantitative estimate of drug-likeness (QED) is 0.456. The number of likely N-dealkylation sites (N-methyl/N-ethyl adjacent to an activating group) is 1. The molecule has 1 aromatic carbocycles. The van der Waals surface area contributed by atoms with Crippen LogP contribution < -0.4 is 5.32 Å². The van der Waals surface area contributed by atoms with Crippen LogP contribution in [0.5, 0.6) is 0 Å². The summed E-state index contributed by atoms with van der Waals surface area (Å²) in [6.07, 6.45) is 10.7. The number of rotatable bonds is 8. The maximum Gasteiger partial charge on any atom is 0.253 e. The van der Waals surface area contributed by atoms with E-state index in [2.05, 4.69) is 61.4 Å². The van der Waals surface area contributed by atoms with Crippen LogP contribution in [0.3, 0.4) is 0 Å². The summed E-state index contributed by atoms with van der Waals surface area (Å²) in [6.45, 7) is 7.07. The highest BCUT2D eigenvalue weighted by Gasteiger charge is 2.36. The normalized spacial score (nSPS) is 25.3. The van der Waals surface area contributed by atoms with Gasteiger partial charge >= 0.3 is 0 Å².